The Balaban J connectivity index is 2.20. The van der Waals surface area contributed by atoms with Crippen LogP contribution in [0.25, 0.3) is 0 Å². The molecule has 0 saturated heterocycles. The summed E-state index contributed by atoms with van der Waals surface area (Å²) >= 11 is 6.41. The van der Waals surface area contributed by atoms with Crippen molar-refractivity contribution in [2.24, 2.45) is 11.8 Å². The molecule has 0 heterocycles. The van der Waals surface area contributed by atoms with Crippen molar-refractivity contribution in [3.05, 3.63) is 47.5 Å². The zero-order chi connectivity index (χ0) is 10.4. The molecule has 0 fully saturated rings. The van der Waals surface area contributed by atoms with Gasteiger partial charge in [-0.15, -0.1) is 11.6 Å². The predicted octanol–water partition coefficient (Wildman–Crippen LogP) is 3.39. The Bertz CT molecular complexity index is 472. The molecule has 4 unspecified atom stereocenters. The highest BCUT2D eigenvalue weighted by Gasteiger charge is 2.43. The van der Waals surface area contributed by atoms with Crippen LogP contribution in [0.15, 0.2) is 36.4 Å². The van der Waals surface area contributed by atoms with E-state index in [0.717, 1.165) is 0 Å². The molecule has 2 heteroatoms. The monoisotopic (exact) mass is 215 g/mol. The Morgan fingerprint density at radius 2 is 1.87 bits per heavy atom. The van der Waals surface area contributed by atoms with E-state index in [0.29, 0.717) is 0 Å². The third-order valence-electron chi connectivity index (χ3n) is 3.48. The lowest BCUT2D eigenvalue weighted by atomic mass is 9.74. The van der Waals surface area contributed by atoms with Crippen LogP contribution in [0, 0.1) is 23.2 Å². The number of hydrogen-bond acceptors (Lipinski definition) is 1. The van der Waals surface area contributed by atoms with Crippen molar-refractivity contribution in [2.75, 3.05) is 0 Å². The first-order valence-electron chi connectivity index (χ1n) is 5.14. The van der Waals surface area contributed by atoms with E-state index in [9.17, 15) is 0 Å². The molecule has 2 aliphatic rings. The molecule has 0 radical (unpaired) electrons. The lowest BCUT2D eigenvalue weighted by molar-refractivity contribution is 0.438. The number of rotatable bonds is 0. The van der Waals surface area contributed by atoms with E-state index in [1.54, 1.807) is 0 Å². The van der Waals surface area contributed by atoms with E-state index in [-0.39, 0.29) is 23.1 Å². The van der Waals surface area contributed by atoms with Gasteiger partial charge >= 0.3 is 0 Å². The summed E-state index contributed by atoms with van der Waals surface area (Å²) < 4.78 is 0. The maximum Gasteiger partial charge on any atom is 0.0672 e. The van der Waals surface area contributed by atoms with Crippen molar-refractivity contribution in [1.82, 2.24) is 0 Å². The largest absolute Gasteiger partial charge is 0.198 e. The van der Waals surface area contributed by atoms with Gasteiger partial charge in [0.25, 0.3) is 0 Å². The highest BCUT2D eigenvalue weighted by atomic mass is 35.5. The molecule has 74 valence electrons. The molecule has 0 aromatic heterocycles. The van der Waals surface area contributed by atoms with Gasteiger partial charge in [-0.1, -0.05) is 36.4 Å². The molecule has 0 N–H and O–H groups in total. The van der Waals surface area contributed by atoms with Crippen LogP contribution in [-0.4, -0.2) is 0 Å². The minimum atomic E-state index is -0.0409. The van der Waals surface area contributed by atoms with E-state index in [2.05, 4.69) is 30.4 Å². The molecule has 2 bridgehead atoms. The molecule has 0 amide bonds. The highest BCUT2D eigenvalue weighted by molar-refractivity contribution is 6.21. The van der Waals surface area contributed by atoms with Crippen molar-refractivity contribution in [3.8, 4) is 6.07 Å². The second-order valence-electron chi connectivity index (χ2n) is 4.17. The topological polar surface area (TPSA) is 23.8 Å². The van der Waals surface area contributed by atoms with Gasteiger partial charge in [-0.25, -0.2) is 0 Å². The standard InChI is InChI=1S/C13H10ClN/c14-13-10-4-2-1-3-8(10)9-5-6-11(13)12(9)7-15/h1-6,9,11-13H. The molecule has 0 saturated carbocycles. The fourth-order valence-corrected chi connectivity index (χ4v) is 3.18. The summed E-state index contributed by atoms with van der Waals surface area (Å²) in [6.45, 7) is 0. The molecule has 2 aliphatic carbocycles. The number of halogens is 1. The van der Waals surface area contributed by atoms with Gasteiger partial charge < -0.3 is 0 Å². The number of hydrogen-bond donors (Lipinski definition) is 0. The smallest absolute Gasteiger partial charge is 0.0672 e. The Labute approximate surface area is 94.0 Å². The quantitative estimate of drug-likeness (QED) is 0.481. The predicted molar refractivity (Wildman–Crippen MR) is 59.5 cm³/mol. The average Bonchev–Trinajstić information content (AvgIpc) is 2.65. The fourth-order valence-electron chi connectivity index (χ4n) is 2.74. The molecule has 0 spiro atoms. The first-order valence-corrected chi connectivity index (χ1v) is 5.57. The van der Waals surface area contributed by atoms with E-state index in [1.807, 2.05) is 12.1 Å². The number of nitriles is 1. The first kappa shape index (κ1) is 9.00. The zero-order valence-electron chi connectivity index (χ0n) is 8.10. The van der Waals surface area contributed by atoms with Gasteiger partial charge in [0.1, 0.15) is 0 Å². The number of fused-ring (bicyclic) bond motifs is 4. The van der Waals surface area contributed by atoms with Gasteiger partial charge in [-0.3, -0.25) is 0 Å². The molecule has 1 aromatic carbocycles. The van der Waals surface area contributed by atoms with Crippen LogP contribution >= 0.6 is 11.6 Å². The Morgan fingerprint density at radius 3 is 2.60 bits per heavy atom. The Morgan fingerprint density at radius 1 is 1.13 bits per heavy atom. The van der Waals surface area contributed by atoms with Crippen molar-refractivity contribution in [3.63, 3.8) is 0 Å². The first-order chi connectivity index (χ1) is 7.33. The van der Waals surface area contributed by atoms with E-state index in [1.165, 1.54) is 11.1 Å². The van der Waals surface area contributed by atoms with Crippen LogP contribution in [0.3, 0.4) is 0 Å². The third kappa shape index (κ3) is 1.09. The van der Waals surface area contributed by atoms with Crippen molar-refractivity contribution in [2.45, 2.75) is 11.3 Å². The average molecular weight is 216 g/mol. The molecule has 15 heavy (non-hydrogen) atoms. The molecular weight excluding hydrogens is 206 g/mol. The van der Waals surface area contributed by atoms with Gasteiger partial charge in [0.15, 0.2) is 0 Å². The molecule has 1 nitrogen and oxygen atoms in total. The van der Waals surface area contributed by atoms with Crippen LogP contribution in [0.4, 0.5) is 0 Å². The summed E-state index contributed by atoms with van der Waals surface area (Å²) in [5, 5.41) is 9.13. The number of alkyl halides is 1. The van der Waals surface area contributed by atoms with Crippen molar-refractivity contribution < 1.29 is 0 Å². The summed E-state index contributed by atoms with van der Waals surface area (Å²) in [6, 6.07) is 10.6. The summed E-state index contributed by atoms with van der Waals surface area (Å²) in [4.78, 5) is 0. The van der Waals surface area contributed by atoms with Crippen molar-refractivity contribution in [1.29, 1.82) is 5.26 Å². The summed E-state index contributed by atoms with van der Waals surface area (Å²) in [7, 11) is 0. The molecule has 1 aromatic rings. The fraction of sp³-hybridized carbons (Fsp3) is 0.308. The maximum atomic E-state index is 9.17. The molecule has 3 rings (SSSR count). The summed E-state index contributed by atoms with van der Waals surface area (Å²) in [5.41, 5.74) is 2.43. The second-order valence-corrected chi connectivity index (χ2v) is 4.64. The van der Waals surface area contributed by atoms with Crippen LogP contribution in [0.2, 0.25) is 0 Å². The zero-order valence-corrected chi connectivity index (χ0v) is 8.85. The molecular formula is C13H10ClN. The normalized spacial score (nSPS) is 36.0. The van der Waals surface area contributed by atoms with Crippen LogP contribution < -0.4 is 0 Å². The van der Waals surface area contributed by atoms with Crippen LogP contribution in [0.1, 0.15) is 22.4 Å². The summed E-state index contributed by atoms with van der Waals surface area (Å²) in [6.07, 6.45) is 4.25. The number of benzene rings is 1. The lowest BCUT2D eigenvalue weighted by Gasteiger charge is -2.31. The molecule has 4 atom stereocenters. The number of allylic oxidation sites excluding steroid dienone is 2. The van der Waals surface area contributed by atoms with Crippen LogP contribution in [-0.2, 0) is 0 Å². The maximum absolute atomic E-state index is 9.17. The van der Waals surface area contributed by atoms with Gasteiger partial charge in [0.05, 0.1) is 17.4 Å². The van der Waals surface area contributed by atoms with Crippen molar-refractivity contribution >= 4 is 11.6 Å². The minimum Gasteiger partial charge on any atom is -0.198 e. The lowest BCUT2D eigenvalue weighted by Crippen LogP contribution is -2.23. The van der Waals surface area contributed by atoms with E-state index in [4.69, 9.17) is 16.9 Å². The Hall–Kier alpha value is -1.26. The van der Waals surface area contributed by atoms with Gasteiger partial charge in [-0.05, 0) is 11.1 Å². The Kier molecular flexibility index (Phi) is 1.87. The van der Waals surface area contributed by atoms with E-state index >= 15 is 0 Å². The third-order valence-corrected chi connectivity index (χ3v) is 4.01. The highest BCUT2D eigenvalue weighted by Crippen LogP contribution is 2.52. The van der Waals surface area contributed by atoms with Crippen LogP contribution in [0.5, 0.6) is 0 Å². The van der Waals surface area contributed by atoms with Gasteiger partial charge in [0.2, 0.25) is 0 Å². The van der Waals surface area contributed by atoms with E-state index < -0.39 is 0 Å². The minimum absolute atomic E-state index is 0.0300. The number of nitrogens with zero attached hydrogens (tertiary/aromatic N) is 1. The van der Waals surface area contributed by atoms with Gasteiger partial charge in [-0.2, -0.15) is 5.26 Å². The second kappa shape index (κ2) is 3.12. The molecule has 0 aliphatic heterocycles. The van der Waals surface area contributed by atoms with Gasteiger partial charge in [0, 0.05) is 11.8 Å². The SMILES string of the molecule is N#CC1C2C=CC1C(Cl)c1ccccc12. The summed E-state index contributed by atoms with van der Waals surface area (Å²) in [5.74, 6) is 0.477.